The van der Waals surface area contributed by atoms with Crippen LogP contribution >= 0.6 is 0 Å². The summed E-state index contributed by atoms with van der Waals surface area (Å²) in [6, 6.07) is 0. The Hall–Kier alpha value is -0.580. The van der Waals surface area contributed by atoms with Crippen molar-refractivity contribution < 1.29 is 22.7 Å². The minimum atomic E-state index is -4.34. The molecule has 0 rings (SSSR count). The molecule has 0 aliphatic rings. The van der Waals surface area contributed by atoms with Gasteiger partial charge in [-0.15, -0.1) is 0 Å². The number of hydrogen-bond acceptors (Lipinski definition) is 2. The normalized spacial score (nSPS) is 11.6. The molecule has 0 aromatic rings. The molecule has 0 radical (unpaired) electrons. The second-order valence-electron chi connectivity index (χ2n) is 2.00. The topological polar surface area (TPSA) is 26.3 Å². The summed E-state index contributed by atoms with van der Waals surface area (Å²) in [7, 11) is 0. The van der Waals surface area contributed by atoms with Gasteiger partial charge in [-0.2, -0.15) is 13.2 Å². The first-order valence-corrected chi connectivity index (χ1v) is 3.12. The van der Waals surface area contributed by atoms with E-state index in [0.29, 0.717) is 0 Å². The Kier molecular flexibility index (Phi) is 4.10. The third kappa shape index (κ3) is 7.32. The van der Waals surface area contributed by atoms with Crippen molar-refractivity contribution in [2.75, 3.05) is 13.2 Å². The Balaban J connectivity index is 3.35. The fourth-order valence-corrected chi connectivity index (χ4v) is 0.383. The van der Waals surface area contributed by atoms with Crippen LogP contribution in [0.25, 0.3) is 0 Å². The van der Waals surface area contributed by atoms with Crippen LogP contribution in [-0.4, -0.2) is 25.2 Å². The second kappa shape index (κ2) is 4.33. The average molecular weight is 170 g/mol. The molecule has 0 fully saturated rings. The smallest absolute Gasteiger partial charge is 0.364 e. The summed E-state index contributed by atoms with van der Waals surface area (Å²) in [5.74, 6) is -0.325. The second-order valence-corrected chi connectivity index (χ2v) is 2.00. The van der Waals surface area contributed by atoms with Crippen LogP contribution in [0.3, 0.4) is 0 Å². The Morgan fingerprint density at radius 3 is 2.36 bits per heavy atom. The van der Waals surface area contributed by atoms with Gasteiger partial charge < -0.3 is 4.74 Å². The molecule has 0 aliphatic carbocycles. The zero-order valence-corrected chi connectivity index (χ0v) is 6.07. The summed E-state index contributed by atoms with van der Waals surface area (Å²) in [6.45, 7) is -0.228. The number of alkyl halides is 3. The molecule has 0 atom stereocenters. The molecule has 0 aliphatic heterocycles. The van der Waals surface area contributed by atoms with E-state index in [1.54, 1.807) is 6.92 Å². The highest BCUT2D eigenvalue weighted by Gasteiger charge is 2.27. The monoisotopic (exact) mass is 170 g/mol. The molecular formula is C6H9F3O2. The summed E-state index contributed by atoms with van der Waals surface area (Å²) in [6.07, 6.45) is -4.13. The summed E-state index contributed by atoms with van der Waals surface area (Å²) >= 11 is 0. The van der Waals surface area contributed by atoms with E-state index in [1.807, 2.05) is 0 Å². The Bertz CT molecular complexity index is 130. The fourth-order valence-electron chi connectivity index (χ4n) is 0.383. The van der Waals surface area contributed by atoms with Gasteiger partial charge in [0, 0.05) is 6.42 Å². The van der Waals surface area contributed by atoms with E-state index in [0.717, 1.165) is 0 Å². The van der Waals surface area contributed by atoms with Gasteiger partial charge in [-0.25, -0.2) is 0 Å². The van der Waals surface area contributed by atoms with Crippen LogP contribution in [-0.2, 0) is 9.53 Å². The van der Waals surface area contributed by atoms with Crippen LogP contribution in [0.2, 0.25) is 0 Å². The number of rotatable bonds is 4. The number of Topliss-reactive ketones (excluding diaryl/α,β-unsaturated/α-hetero) is 1. The van der Waals surface area contributed by atoms with Crippen LogP contribution in [0, 0.1) is 0 Å². The summed E-state index contributed by atoms with van der Waals surface area (Å²) in [4.78, 5) is 10.4. The lowest BCUT2D eigenvalue weighted by atomic mass is 10.3. The predicted molar refractivity (Wildman–Crippen MR) is 32.2 cm³/mol. The highest BCUT2D eigenvalue weighted by atomic mass is 19.4. The zero-order valence-electron chi connectivity index (χ0n) is 6.07. The van der Waals surface area contributed by atoms with Gasteiger partial charge in [0.05, 0.1) is 0 Å². The fraction of sp³-hybridized carbons (Fsp3) is 0.833. The minimum Gasteiger partial charge on any atom is -0.364 e. The largest absolute Gasteiger partial charge is 0.411 e. The molecule has 66 valence electrons. The van der Waals surface area contributed by atoms with Gasteiger partial charge >= 0.3 is 6.18 Å². The van der Waals surface area contributed by atoms with E-state index in [4.69, 9.17) is 0 Å². The van der Waals surface area contributed by atoms with Gasteiger partial charge in [-0.05, 0) is 0 Å². The van der Waals surface area contributed by atoms with E-state index in [1.165, 1.54) is 0 Å². The Morgan fingerprint density at radius 2 is 2.00 bits per heavy atom. The van der Waals surface area contributed by atoms with Crippen molar-refractivity contribution in [1.29, 1.82) is 0 Å². The van der Waals surface area contributed by atoms with Gasteiger partial charge in [-0.1, -0.05) is 6.92 Å². The van der Waals surface area contributed by atoms with Gasteiger partial charge in [0.2, 0.25) is 0 Å². The number of ether oxygens (including phenoxy) is 1. The summed E-state index contributed by atoms with van der Waals surface area (Å²) in [5, 5.41) is 0. The Labute approximate surface area is 62.3 Å². The summed E-state index contributed by atoms with van der Waals surface area (Å²) in [5.41, 5.74) is 0. The third-order valence-corrected chi connectivity index (χ3v) is 0.923. The van der Waals surface area contributed by atoms with Crippen LogP contribution in [0.5, 0.6) is 0 Å². The molecule has 11 heavy (non-hydrogen) atoms. The van der Waals surface area contributed by atoms with Crippen LogP contribution < -0.4 is 0 Å². The van der Waals surface area contributed by atoms with Gasteiger partial charge in [-0.3, -0.25) is 4.79 Å². The number of hydrogen-bond donors (Lipinski definition) is 0. The van der Waals surface area contributed by atoms with Crippen molar-refractivity contribution in [2.45, 2.75) is 19.5 Å². The molecule has 5 heteroatoms. The van der Waals surface area contributed by atoms with E-state index in [-0.39, 0.29) is 12.2 Å². The van der Waals surface area contributed by atoms with Crippen molar-refractivity contribution in [3.05, 3.63) is 0 Å². The lowest BCUT2D eigenvalue weighted by Crippen LogP contribution is -2.19. The predicted octanol–water partition coefficient (Wildman–Crippen LogP) is 1.54. The van der Waals surface area contributed by atoms with Gasteiger partial charge in [0.15, 0.2) is 5.78 Å². The molecule has 0 heterocycles. The molecule has 2 nitrogen and oxygen atoms in total. The highest BCUT2D eigenvalue weighted by Crippen LogP contribution is 2.14. The number of carbonyl (C=O) groups excluding carboxylic acids is 1. The number of carbonyl (C=O) groups is 1. The molecule has 0 aromatic carbocycles. The van der Waals surface area contributed by atoms with Crippen molar-refractivity contribution in [1.82, 2.24) is 0 Å². The van der Waals surface area contributed by atoms with Crippen LogP contribution in [0.1, 0.15) is 13.3 Å². The van der Waals surface area contributed by atoms with Crippen molar-refractivity contribution in [2.24, 2.45) is 0 Å². The average Bonchev–Trinajstić information content (AvgIpc) is 1.85. The molecule has 0 saturated heterocycles. The Morgan fingerprint density at radius 1 is 1.45 bits per heavy atom. The highest BCUT2D eigenvalue weighted by molar-refractivity contribution is 5.79. The van der Waals surface area contributed by atoms with Crippen molar-refractivity contribution >= 4 is 5.78 Å². The van der Waals surface area contributed by atoms with Gasteiger partial charge in [0.1, 0.15) is 13.2 Å². The maximum atomic E-state index is 11.4. The molecular weight excluding hydrogens is 161 g/mol. The lowest BCUT2D eigenvalue weighted by Gasteiger charge is -2.05. The molecule has 0 bridgehead atoms. The number of ketones is 1. The number of halogens is 3. The SMILES string of the molecule is CCC(=O)COCC(F)(F)F. The van der Waals surface area contributed by atoms with Crippen LogP contribution in [0.4, 0.5) is 13.2 Å². The molecule has 0 amide bonds. The van der Waals surface area contributed by atoms with E-state index >= 15 is 0 Å². The molecule has 0 saturated carbocycles. The molecule has 0 spiro atoms. The van der Waals surface area contributed by atoms with E-state index in [2.05, 4.69) is 4.74 Å². The molecule has 0 aromatic heterocycles. The zero-order chi connectivity index (χ0) is 8.91. The summed E-state index contributed by atoms with van der Waals surface area (Å²) < 4.78 is 38.2. The van der Waals surface area contributed by atoms with Gasteiger partial charge in [0.25, 0.3) is 0 Å². The molecule has 0 unspecified atom stereocenters. The first kappa shape index (κ1) is 10.4. The maximum Gasteiger partial charge on any atom is 0.411 e. The quantitative estimate of drug-likeness (QED) is 0.639. The first-order valence-electron chi connectivity index (χ1n) is 3.12. The standard InChI is InChI=1S/C6H9F3O2/c1-2-5(10)3-11-4-6(7,8)9/h2-4H2,1H3. The minimum absolute atomic E-state index is 0.206. The molecule has 0 N–H and O–H groups in total. The van der Waals surface area contributed by atoms with E-state index < -0.39 is 19.4 Å². The maximum absolute atomic E-state index is 11.4. The first-order chi connectivity index (χ1) is 4.95. The van der Waals surface area contributed by atoms with Crippen molar-refractivity contribution in [3.8, 4) is 0 Å². The van der Waals surface area contributed by atoms with E-state index in [9.17, 15) is 18.0 Å². The van der Waals surface area contributed by atoms with Crippen LogP contribution in [0.15, 0.2) is 0 Å². The van der Waals surface area contributed by atoms with Crippen molar-refractivity contribution in [3.63, 3.8) is 0 Å². The lowest BCUT2D eigenvalue weighted by molar-refractivity contribution is -0.175. The third-order valence-electron chi connectivity index (χ3n) is 0.923.